The molecule has 0 radical (unpaired) electrons. The van der Waals surface area contributed by atoms with Gasteiger partial charge in [0.2, 0.25) is 0 Å². The number of unbranched alkanes of at least 4 members (excludes halogenated alkanes) is 1. The first-order chi connectivity index (χ1) is 10.2. The van der Waals surface area contributed by atoms with Crippen molar-refractivity contribution in [1.29, 1.82) is 0 Å². The number of rotatable bonds is 7. The van der Waals surface area contributed by atoms with Crippen molar-refractivity contribution in [3.05, 3.63) is 35.9 Å². The zero-order valence-electron chi connectivity index (χ0n) is 13.2. The summed E-state index contributed by atoms with van der Waals surface area (Å²) >= 11 is 0. The van der Waals surface area contributed by atoms with Gasteiger partial charge in [-0.3, -0.25) is 4.79 Å². The molecular weight excluding hydrogens is 260 g/mol. The highest BCUT2D eigenvalue weighted by Crippen LogP contribution is 2.43. The minimum absolute atomic E-state index is 0.428. The van der Waals surface area contributed by atoms with E-state index in [1.54, 1.807) is 0 Å². The molecular formula is C19H28O2. The zero-order valence-corrected chi connectivity index (χ0v) is 13.2. The summed E-state index contributed by atoms with van der Waals surface area (Å²) in [5.74, 6) is 0.193. The largest absolute Gasteiger partial charge is 0.481 e. The lowest BCUT2D eigenvalue weighted by Crippen LogP contribution is -2.35. The van der Waals surface area contributed by atoms with Gasteiger partial charge in [0.15, 0.2) is 0 Å². The molecule has 0 atom stereocenters. The average molecular weight is 288 g/mol. The molecule has 0 aliphatic heterocycles. The normalized spacial score (nSPS) is 25.7. The molecule has 2 nitrogen and oxygen atoms in total. The molecule has 0 spiro atoms. The van der Waals surface area contributed by atoms with E-state index >= 15 is 0 Å². The van der Waals surface area contributed by atoms with Gasteiger partial charge >= 0.3 is 5.97 Å². The number of aliphatic carboxylic acids is 1. The van der Waals surface area contributed by atoms with Crippen LogP contribution in [0.15, 0.2) is 30.3 Å². The lowest BCUT2D eigenvalue weighted by atomic mass is 9.67. The first-order valence-corrected chi connectivity index (χ1v) is 8.43. The van der Waals surface area contributed by atoms with Crippen LogP contribution in [-0.2, 0) is 11.2 Å². The van der Waals surface area contributed by atoms with Crippen LogP contribution < -0.4 is 0 Å². The van der Waals surface area contributed by atoms with Crippen LogP contribution in [-0.4, -0.2) is 11.1 Å². The van der Waals surface area contributed by atoms with Gasteiger partial charge in [-0.25, -0.2) is 0 Å². The Morgan fingerprint density at radius 3 is 2.43 bits per heavy atom. The minimum atomic E-state index is -0.559. The third-order valence-corrected chi connectivity index (χ3v) is 5.31. The van der Waals surface area contributed by atoms with Crippen molar-refractivity contribution in [2.24, 2.45) is 11.3 Å². The van der Waals surface area contributed by atoms with Crippen molar-refractivity contribution >= 4 is 5.97 Å². The first-order valence-electron chi connectivity index (χ1n) is 8.43. The van der Waals surface area contributed by atoms with Crippen LogP contribution in [0.1, 0.15) is 63.9 Å². The topological polar surface area (TPSA) is 37.3 Å². The Morgan fingerprint density at radius 2 is 1.86 bits per heavy atom. The molecule has 0 saturated heterocycles. The van der Waals surface area contributed by atoms with Gasteiger partial charge < -0.3 is 5.11 Å². The second kappa shape index (κ2) is 7.63. The third-order valence-electron chi connectivity index (χ3n) is 5.31. The Morgan fingerprint density at radius 1 is 1.19 bits per heavy atom. The quantitative estimate of drug-likeness (QED) is 0.711. The highest BCUT2D eigenvalue weighted by Gasteiger charge is 2.40. The second-order valence-electron chi connectivity index (χ2n) is 6.63. The minimum Gasteiger partial charge on any atom is -0.481 e. The van der Waals surface area contributed by atoms with Crippen molar-refractivity contribution in [1.82, 2.24) is 0 Å². The maximum atomic E-state index is 11.7. The fourth-order valence-electron chi connectivity index (χ4n) is 3.65. The summed E-state index contributed by atoms with van der Waals surface area (Å²) in [5, 5.41) is 9.66. The molecule has 2 rings (SSSR count). The summed E-state index contributed by atoms with van der Waals surface area (Å²) < 4.78 is 0. The zero-order chi connectivity index (χ0) is 15.1. The number of aryl methyl sites for hydroxylation is 1. The van der Waals surface area contributed by atoms with Gasteiger partial charge in [0, 0.05) is 0 Å². The Kier molecular flexibility index (Phi) is 5.84. The summed E-state index contributed by atoms with van der Waals surface area (Å²) in [6.45, 7) is 2.22. The van der Waals surface area contributed by atoms with Crippen molar-refractivity contribution in [2.45, 2.75) is 64.7 Å². The molecule has 0 unspecified atom stereocenters. The van der Waals surface area contributed by atoms with Gasteiger partial charge in [0.25, 0.3) is 0 Å². The molecule has 1 fully saturated rings. The smallest absolute Gasteiger partial charge is 0.309 e. The molecule has 1 aromatic carbocycles. The van der Waals surface area contributed by atoms with Crippen molar-refractivity contribution in [3.8, 4) is 0 Å². The molecule has 1 N–H and O–H groups in total. The van der Waals surface area contributed by atoms with Crippen LogP contribution >= 0.6 is 0 Å². The van der Waals surface area contributed by atoms with E-state index in [4.69, 9.17) is 0 Å². The molecule has 0 bridgehead atoms. The number of carboxylic acid groups (broad SMARTS) is 1. The summed E-state index contributed by atoms with van der Waals surface area (Å²) in [6, 6.07) is 10.5. The molecule has 1 aliphatic carbocycles. The van der Waals surface area contributed by atoms with Crippen molar-refractivity contribution < 1.29 is 9.90 Å². The van der Waals surface area contributed by atoms with Crippen LogP contribution in [0.2, 0.25) is 0 Å². The van der Waals surface area contributed by atoms with Crippen LogP contribution in [0.3, 0.4) is 0 Å². The maximum Gasteiger partial charge on any atom is 0.309 e. The molecule has 1 aliphatic rings. The van der Waals surface area contributed by atoms with Crippen LogP contribution in [0.4, 0.5) is 0 Å². The van der Waals surface area contributed by atoms with Gasteiger partial charge in [0.05, 0.1) is 5.41 Å². The molecule has 1 aromatic rings. The standard InChI is InChI=1S/C19H28O2/c1-2-16-11-14-19(15-12-16,18(20)21)13-7-6-10-17-8-4-3-5-9-17/h3-5,8-9,16H,2,6-7,10-15H2,1H3,(H,20,21). The molecule has 21 heavy (non-hydrogen) atoms. The van der Waals surface area contributed by atoms with E-state index in [1.165, 1.54) is 12.0 Å². The van der Waals surface area contributed by atoms with E-state index in [0.717, 1.165) is 57.3 Å². The summed E-state index contributed by atoms with van der Waals surface area (Å²) in [7, 11) is 0. The number of carboxylic acids is 1. The van der Waals surface area contributed by atoms with Gasteiger partial charge in [0.1, 0.15) is 0 Å². The SMILES string of the molecule is CCC1CCC(CCCCc2ccccc2)(C(=O)O)CC1. The Labute approximate surface area is 128 Å². The molecule has 0 heterocycles. The van der Waals surface area contributed by atoms with Crippen LogP contribution in [0.25, 0.3) is 0 Å². The van der Waals surface area contributed by atoms with E-state index in [9.17, 15) is 9.90 Å². The summed E-state index contributed by atoms with van der Waals surface area (Å²) in [4.78, 5) is 11.7. The van der Waals surface area contributed by atoms with Crippen LogP contribution in [0.5, 0.6) is 0 Å². The lowest BCUT2D eigenvalue weighted by Gasteiger charge is -2.36. The van der Waals surface area contributed by atoms with Crippen LogP contribution in [0, 0.1) is 11.3 Å². The van der Waals surface area contributed by atoms with Crippen molar-refractivity contribution in [2.75, 3.05) is 0 Å². The van der Waals surface area contributed by atoms with Gasteiger partial charge in [-0.2, -0.15) is 0 Å². The number of benzene rings is 1. The van der Waals surface area contributed by atoms with E-state index in [1.807, 2.05) is 6.07 Å². The molecule has 0 aromatic heterocycles. The number of hydrogen-bond acceptors (Lipinski definition) is 1. The monoisotopic (exact) mass is 288 g/mol. The fourth-order valence-corrected chi connectivity index (χ4v) is 3.65. The fraction of sp³-hybridized carbons (Fsp3) is 0.632. The van der Waals surface area contributed by atoms with E-state index in [-0.39, 0.29) is 0 Å². The molecule has 2 heteroatoms. The summed E-state index contributed by atoms with van der Waals surface area (Å²) in [6.07, 6.45) is 9.19. The Balaban J connectivity index is 1.80. The average Bonchev–Trinajstić information content (AvgIpc) is 2.53. The molecule has 0 amide bonds. The van der Waals surface area contributed by atoms with E-state index in [2.05, 4.69) is 31.2 Å². The summed E-state index contributed by atoms with van der Waals surface area (Å²) in [5.41, 5.74) is 0.930. The highest BCUT2D eigenvalue weighted by atomic mass is 16.4. The predicted molar refractivity (Wildman–Crippen MR) is 86.3 cm³/mol. The maximum absolute atomic E-state index is 11.7. The van der Waals surface area contributed by atoms with Gasteiger partial charge in [-0.1, -0.05) is 50.1 Å². The first kappa shape index (κ1) is 16.1. The third kappa shape index (κ3) is 4.33. The Hall–Kier alpha value is -1.31. The lowest BCUT2D eigenvalue weighted by molar-refractivity contribution is -0.152. The predicted octanol–water partition coefficient (Wildman–Crippen LogP) is 5.07. The molecule has 116 valence electrons. The van der Waals surface area contributed by atoms with Gasteiger partial charge in [-0.05, 0) is 56.4 Å². The highest BCUT2D eigenvalue weighted by molar-refractivity contribution is 5.74. The van der Waals surface area contributed by atoms with Gasteiger partial charge in [-0.15, -0.1) is 0 Å². The molecule has 1 saturated carbocycles. The number of carbonyl (C=O) groups is 1. The van der Waals surface area contributed by atoms with Crippen molar-refractivity contribution in [3.63, 3.8) is 0 Å². The van der Waals surface area contributed by atoms with E-state index in [0.29, 0.717) is 0 Å². The Bertz CT molecular complexity index is 430. The van der Waals surface area contributed by atoms with E-state index < -0.39 is 11.4 Å². The number of hydrogen-bond donors (Lipinski definition) is 1. The second-order valence-corrected chi connectivity index (χ2v) is 6.63.